The third kappa shape index (κ3) is 1.26. The molecule has 0 unspecified atom stereocenters. The molecule has 1 aromatic carbocycles. The smallest absolute Gasteiger partial charge is 0.124 e. The molecule has 0 saturated heterocycles. The highest BCUT2D eigenvalue weighted by Crippen LogP contribution is 2.23. The number of H-pyrrole nitrogens is 1. The Morgan fingerprint density at radius 2 is 2.08 bits per heavy atom. The number of aryl methyl sites for hydroxylation is 2. The molecule has 0 aliphatic rings. The first-order valence-corrected chi connectivity index (χ1v) is 4.21. The molecule has 0 saturated carbocycles. The molecule has 13 heavy (non-hydrogen) atoms. The largest absolute Gasteiger partial charge is 0.496 e. The summed E-state index contributed by atoms with van der Waals surface area (Å²) in [6, 6.07) is 4.00. The first kappa shape index (κ1) is 8.10. The van der Waals surface area contributed by atoms with Crippen LogP contribution in [0.1, 0.15) is 11.4 Å². The SMILES string of the molecule is COc1cc2nc(C)[nH]c2cc1C. The maximum Gasteiger partial charge on any atom is 0.124 e. The summed E-state index contributed by atoms with van der Waals surface area (Å²) in [5.74, 6) is 1.82. The van der Waals surface area contributed by atoms with Crippen molar-refractivity contribution >= 4 is 11.0 Å². The predicted molar refractivity (Wildman–Crippen MR) is 52.1 cm³/mol. The minimum Gasteiger partial charge on any atom is -0.496 e. The second kappa shape index (κ2) is 2.76. The van der Waals surface area contributed by atoms with Crippen LogP contribution in [0.2, 0.25) is 0 Å². The topological polar surface area (TPSA) is 37.9 Å². The molecule has 0 amide bonds. The van der Waals surface area contributed by atoms with Gasteiger partial charge in [0.2, 0.25) is 0 Å². The number of ether oxygens (including phenoxy) is 1. The second-order valence-corrected chi connectivity index (χ2v) is 3.16. The van der Waals surface area contributed by atoms with Gasteiger partial charge in [0, 0.05) is 6.07 Å². The van der Waals surface area contributed by atoms with Gasteiger partial charge in [-0.2, -0.15) is 0 Å². The summed E-state index contributed by atoms with van der Waals surface area (Å²) in [6.45, 7) is 3.97. The van der Waals surface area contributed by atoms with Crippen molar-refractivity contribution in [1.29, 1.82) is 0 Å². The van der Waals surface area contributed by atoms with Crippen molar-refractivity contribution in [3.05, 3.63) is 23.5 Å². The van der Waals surface area contributed by atoms with E-state index in [-0.39, 0.29) is 0 Å². The molecule has 0 atom stereocenters. The van der Waals surface area contributed by atoms with Gasteiger partial charge in [-0.3, -0.25) is 0 Å². The molecule has 0 radical (unpaired) electrons. The van der Waals surface area contributed by atoms with E-state index in [4.69, 9.17) is 4.74 Å². The van der Waals surface area contributed by atoms with Crippen LogP contribution in [0.3, 0.4) is 0 Å². The number of hydrogen-bond acceptors (Lipinski definition) is 2. The van der Waals surface area contributed by atoms with Gasteiger partial charge in [-0.05, 0) is 25.5 Å². The van der Waals surface area contributed by atoms with E-state index in [2.05, 4.69) is 9.97 Å². The average molecular weight is 176 g/mol. The maximum atomic E-state index is 5.21. The van der Waals surface area contributed by atoms with Crippen LogP contribution < -0.4 is 4.74 Å². The highest BCUT2D eigenvalue weighted by molar-refractivity contribution is 5.78. The van der Waals surface area contributed by atoms with Crippen molar-refractivity contribution in [1.82, 2.24) is 9.97 Å². The van der Waals surface area contributed by atoms with Crippen molar-refractivity contribution in [3.63, 3.8) is 0 Å². The normalized spacial score (nSPS) is 10.7. The highest BCUT2D eigenvalue weighted by atomic mass is 16.5. The Balaban J connectivity index is 2.72. The van der Waals surface area contributed by atoms with Gasteiger partial charge in [0.1, 0.15) is 11.6 Å². The number of rotatable bonds is 1. The molecular formula is C10H12N2O. The molecule has 0 fully saturated rings. The fourth-order valence-corrected chi connectivity index (χ4v) is 1.49. The molecule has 0 spiro atoms. The first-order valence-electron chi connectivity index (χ1n) is 4.21. The Labute approximate surface area is 76.8 Å². The van der Waals surface area contributed by atoms with Gasteiger partial charge in [-0.25, -0.2) is 4.98 Å². The van der Waals surface area contributed by atoms with E-state index >= 15 is 0 Å². The molecule has 0 bridgehead atoms. The molecular weight excluding hydrogens is 164 g/mol. The lowest BCUT2D eigenvalue weighted by molar-refractivity contribution is 0.412. The standard InChI is InChI=1S/C10H12N2O/c1-6-4-8-9(5-10(6)13-3)12-7(2)11-8/h4-5H,1-3H3,(H,11,12). The van der Waals surface area contributed by atoms with Gasteiger partial charge in [0.25, 0.3) is 0 Å². The van der Waals surface area contributed by atoms with Crippen LogP contribution in [0, 0.1) is 13.8 Å². The second-order valence-electron chi connectivity index (χ2n) is 3.16. The van der Waals surface area contributed by atoms with Gasteiger partial charge in [0.15, 0.2) is 0 Å². The van der Waals surface area contributed by atoms with E-state index in [9.17, 15) is 0 Å². The maximum absolute atomic E-state index is 5.21. The number of aromatic nitrogens is 2. The lowest BCUT2D eigenvalue weighted by Gasteiger charge is -2.02. The number of methoxy groups -OCH3 is 1. The minimum atomic E-state index is 0.888. The number of imidazole rings is 1. The van der Waals surface area contributed by atoms with Crippen molar-refractivity contribution in [2.45, 2.75) is 13.8 Å². The van der Waals surface area contributed by atoms with Crippen LogP contribution in [0.25, 0.3) is 11.0 Å². The molecule has 2 rings (SSSR count). The Bertz CT molecular complexity index is 445. The van der Waals surface area contributed by atoms with Crippen LogP contribution in [0.4, 0.5) is 0 Å². The van der Waals surface area contributed by atoms with Crippen LogP contribution in [-0.4, -0.2) is 17.1 Å². The van der Waals surface area contributed by atoms with E-state index in [1.165, 1.54) is 0 Å². The summed E-state index contributed by atoms with van der Waals surface area (Å²) in [5.41, 5.74) is 3.15. The van der Waals surface area contributed by atoms with Crippen molar-refractivity contribution < 1.29 is 4.74 Å². The first-order chi connectivity index (χ1) is 6.20. The zero-order chi connectivity index (χ0) is 9.42. The fraction of sp³-hybridized carbons (Fsp3) is 0.300. The number of nitrogens with one attached hydrogen (secondary N) is 1. The van der Waals surface area contributed by atoms with Gasteiger partial charge in [0.05, 0.1) is 18.1 Å². The molecule has 0 aliphatic heterocycles. The Hall–Kier alpha value is -1.51. The minimum absolute atomic E-state index is 0.888. The van der Waals surface area contributed by atoms with E-state index in [1.54, 1.807) is 7.11 Å². The van der Waals surface area contributed by atoms with Gasteiger partial charge < -0.3 is 9.72 Å². The number of hydrogen-bond donors (Lipinski definition) is 1. The zero-order valence-electron chi connectivity index (χ0n) is 8.01. The predicted octanol–water partition coefficient (Wildman–Crippen LogP) is 2.19. The number of nitrogens with zero attached hydrogens (tertiary/aromatic N) is 1. The number of fused-ring (bicyclic) bond motifs is 1. The molecule has 3 heteroatoms. The third-order valence-corrected chi connectivity index (χ3v) is 2.12. The van der Waals surface area contributed by atoms with E-state index in [1.807, 2.05) is 26.0 Å². The molecule has 3 nitrogen and oxygen atoms in total. The molecule has 2 aromatic rings. The molecule has 1 aromatic heterocycles. The van der Waals surface area contributed by atoms with E-state index < -0.39 is 0 Å². The van der Waals surface area contributed by atoms with Crippen molar-refractivity contribution in [3.8, 4) is 5.75 Å². The summed E-state index contributed by atoms with van der Waals surface area (Å²) in [6.07, 6.45) is 0. The van der Waals surface area contributed by atoms with Gasteiger partial charge in [-0.15, -0.1) is 0 Å². The Morgan fingerprint density at radius 1 is 1.31 bits per heavy atom. The quantitative estimate of drug-likeness (QED) is 0.723. The number of benzene rings is 1. The van der Waals surface area contributed by atoms with Crippen LogP contribution in [0.15, 0.2) is 12.1 Å². The van der Waals surface area contributed by atoms with E-state index in [0.29, 0.717) is 0 Å². The number of aromatic amines is 1. The Kier molecular flexibility index (Phi) is 1.72. The van der Waals surface area contributed by atoms with Crippen LogP contribution in [-0.2, 0) is 0 Å². The summed E-state index contributed by atoms with van der Waals surface area (Å²) in [5, 5.41) is 0. The molecule has 68 valence electrons. The average Bonchev–Trinajstić information content (AvgIpc) is 2.42. The van der Waals surface area contributed by atoms with Gasteiger partial charge in [-0.1, -0.05) is 0 Å². The van der Waals surface area contributed by atoms with Crippen LogP contribution >= 0.6 is 0 Å². The molecule has 1 heterocycles. The van der Waals surface area contributed by atoms with Crippen LogP contribution in [0.5, 0.6) is 5.75 Å². The molecule has 0 aliphatic carbocycles. The molecule has 1 N–H and O–H groups in total. The van der Waals surface area contributed by atoms with Crippen molar-refractivity contribution in [2.75, 3.05) is 7.11 Å². The summed E-state index contributed by atoms with van der Waals surface area (Å²) < 4.78 is 5.21. The summed E-state index contributed by atoms with van der Waals surface area (Å²) in [4.78, 5) is 7.51. The van der Waals surface area contributed by atoms with E-state index in [0.717, 1.165) is 28.2 Å². The zero-order valence-corrected chi connectivity index (χ0v) is 8.01. The Morgan fingerprint density at radius 3 is 2.77 bits per heavy atom. The summed E-state index contributed by atoms with van der Waals surface area (Å²) in [7, 11) is 1.67. The lowest BCUT2D eigenvalue weighted by Crippen LogP contribution is -1.86. The summed E-state index contributed by atoms with van der Waals surface area (Å²) >= 11 is 0. The monoisotopic (exact) mass is 176 g/mol. The fourth-order valence-electron chi connectivity index (χ4n) is 1.49. The van der Waals surface area contributed by atoms with Gasteiger partial charge >= 0.3 is 0 Å². The lowest BCUT2D eigenvalue weighted by atomic mass is 10.2. The third-order valence-electron chi connectivity index (χ3n) is 2.12. The highest BCUT2D eigenvalue weighted by Gasteiger charge is 2.04. The van der Waals surface area contributed by atoms with Crippen molar-refractivity contribution in [2.24, 2.45) is 0 Å².